The fourth-order valence-electron chi connectivity index (χ4n) is 2.50. The lowest BCUT2D eigenvalue weighted by molar-refractivity contribution is -0.132. The van der Waals surface area contributed by atoms with Crippen LogP contribution in [0.3, 0.4) is 0 Å². The van der Waals surface area contributed by atoms with Crippen LogP contribution in [0.2, 0.25) is 0 Å². The highest BCUT2D eigenvalue weighted by Crippen LogP contribution is 2.18. The zero-order valence-electron chi connectivity index (χ0n) is 12.4. The summed E-state index contributed by atoms with van der Waals surface area (Å²) in [7, 11) is 1.62. The number of ether oxygens (including phenoxy) is 1. The molecule has 2 rings (SSSR count). The van der Waals surface area contributed by atoms with Gasteiger partial charge in [-0.1, -0.05) is 18.2 Å². The molecular weight excluding hydrogens is 268 g/mol. The van der Waals surface area contributed by atoms with E-state index in [1.807, 2.05) is 24.3 Å². The van der Waals surface area contributed by atoms with Gasteiger partial charge >= 0.3 is 0 Å². The van der Waals surface area contributed by atoms with Crippen molar-refractivity contribution in [3.63, 3.8) is 0 Å². The number of benzene rings is 1. The van der Waals surface area contributed by atoms with Crippen molar-refractivity contribution in [3.8, 4) is 5.75 Å². The first-order chi connectivity index (χ1) is 10.2. The molecule has 1 aromatic rings. The monoisotopic (exact) mass is 290 g/mol. The number of nitrogens with zero attached hydrogens (tertiary/aromatic N) is 1. The fourth-order valence-corrected chi connectivity index (χ4v) is 2.50. The van der Waals surface area contributed by atoms with Crippen molar-refractivity contribution in [2.45, 2.75) is 25.7 Å². The van der Waals surface area contributed by atoms with Gasteiger partial charge in [0.05, 0.1) is 13.7 Å². The number of methoxy groups -OCH3 is 1. The number of aryl methyl sites for hydroxylation is 1. The van der Waals surface area contributed by atoms with Crippen LogP contribution in [-0.4, -0.2) is 43.5 Å². The average molecular weight is 290 g/mol. The van der Waals surface area contributed by atoms with Gasteiger partial charge in [0.1, 0.15) is 5.75 Å². The predicted octanol–water partition coefficient (Wildman–Crippen LogP) is 1.37. The topological polar surface area (TPSA) is 58.6 Å². The smallest absolute Gasteiger partial charge is 0.241 e. The van der Waals surface area contributed by atoms with Crippen LogP contribution < -0.4 is 10.1 Å². The zero-order valence-corrected chi connectivity index (χ0v) is 12.4. The fraction of sp³-hybridized carbons (Fsp3) is 0.500. The Balaban J connectivity index is 1.73. The molecular formula is C16H22N2O3. The summed E-state index contributed by atoms with van der Waals surface area (Å²) in [6.45, 7) is 1.73. The van der Waals surface area contributed by atoms with Gasteiger partial charge in [0.15, 0.2) is 0 Å². The number of carbonyl (C=O) groups excluding carboxylic acids is 2. The summed E-state index contributed by atoms with van der Waals surface area (Å²) in [5.41, 5.74) is 1.00. The highest BCUT2D eigenvalue weighted by molar-refractivity contribution is 5.84. The minimum Gasteiger partial charge on any atom is -0.496 e. The van der Waals surface area contributed by atoms with E-state index in [2.05, 4.69) is 5.32 Å². The van der Waals surface area contributed by atoms with Crippen LogP contribution in [0.5, 0.6) is 5.75 Å². The van der Waals surface area contributed by atoms with E-state index >= 15 is 0 Å². The lowest BCUT2D eigenvalue weighted by Gasteiger charge is -2.15. The first-order valence-electron chi connectivity index (χ1n) is 7.37. The normalized spacial score (nSPS) is 14.0. The van der Waals surface area contributed by atoms with Gasteiger partial charge in [0.25, 0.3) is 0 Å². The second kappa shape index (κ2) is 7.67. The molecule has 0 saturated carbocycles. The Labute approximate surface area is 125 Å². The summed E-state index contributed by atoms with van der Waals surface area (Å²) in [6.07, 6.45) is 3.09. The largest absolute Gasteiger partial charge is 0.496 e. The number of amides is 2. The van der Waals surface area contributed by atoms with Gasteiger partial charge in [-0.2, -0.15) is 0 Å². The molecule has 2 amide bonds. The van der Waals surface area contributed by atoms with Crippen molar-refractivity contribution in [2.24, 2.45) is 0 Å². The average Bonchev–Trinajstić information content (AvgIpc) is 3.05. The Morgan fingerprint density at radius 2 is 1.95 bits per heavy atom. The van der Waals surface area contributed by atoms with Crippen LogP contribution in [-0.2, 0) is 16.0 Å². The van der Waals surface area contributed by atoms with Crippen molar-refractivity contribution in [2.75, 3.05) is 26.7 Å². The van der Waals surface area contributed by atoms with E-state index in [-0.39, 0.29) is 18.4 Å². The quantitative estimate of drug-likeness (QED) is 0.861. The Morgan fingerprint density at radius 3 is 2.67 bits per heavy atom. The number of hydrogen-bond acceptors (Lipinski definition) is 3. The van der Waals surface area contributed by atoms with E-state index in [4.69, 9.17) is 4.74 Å². The Morgan fingerprint density at radius 1 is 1.24 bits per heavy atom. The number of carbonyl (C=O) groups is 2. The first-order valence-corrected chi connectivity index (χ1v) is 7.37. The van der Waals surface area contributed by atoms with Crippen molar-refractivity contribution in [1.29, 1.82) is 0 Å². The minimum atomic E-state index is -0.103. The number of para-hydroxylation sites is 1. The summed E-state index contributed by atoms with van der Waals surface area (Å²) in [5, 5.41) is 2.70. The molecule has 114 valence electrons. The van der Waals surface area contributed by atoms with Crippen LogP contribution in [0, 0.1) is 0 Å². The summed E-state index contributed by atoms with van der Waals surface area (Å²) < 4.78 is 5.25. The molecule has 0 unspecified atom stereocenters. The molecule has 0 aliphatic carbocycles. The van der Waals surface area contributed by atoms with E-state index in [0.29, 0.717) is 12.8 Å². The maximum Gasteiger partial charge on any atom is 0.241 e. The van der Waals surface area contributed by atoms with Crippen molar-refractivity contribution >= 4 is 11.8 Å². The van der Waals surface area contributed by atoms with Crippen LogP contribution in [0.4, 0.5) is 0 Å². The molecule has 5 heteroatoms. The molecule has 0 bridgehead atoms. The standard InChI is InChI=1S/C16H22N2O3/c1-21-14-7-3-2-6-13(14)8-9-15(19)17-12-16(20)18-10-4-5-11-18/h2-3,6-7H,4-5,8-12H2,1H3,(H,17,19). The van der Waals surface area contributed by atoms with Gasteiger partial charge in [-0.3, -0.25) is 9.59 Å². The molecule has 0 radical (unpaired) electrons. The third kappa shape index (κ3) is 4.48. The number of hydrogen-bond donors (Lipinski definition) is 1. The van der Waals surface area contributed by atoms with Crippen molar-refractivity contribution in [1.82, 2.24) is 10.2 Å². The maximum absolute atomic E-state index is 11.8. The molecule has 0 aromatic heterocycles. The number of likely N-dealkylation sites (tertiary alicyclic amines) is 1. The highest BCUT2D eigenvalue weighted by Gasteiger charge is 2.18. The lowest BCUT2D eigenvalue weighted by Crippen LogP contribution is -2.38. The number of rotatable bonds is 6. The van der Waals surface area contributed by atoms with Gasteiger partial charge in [-0.15, -0.1) is 0 Å². The van der Waals surface area contributed by atoms with E-state index in [0.717, 1.165) is 37.2 Å². The van der Waals surface area contributed by atoms with Gasteiger partial charge in [0, 0.05) is 19.5 Å². The minimum absolute atomic E-state index is 0.0122. The lowest BCUT2D eigenvalue weighted by atomic mass is 10.1. The summed E-state index contributed by atoms with van der Waals surface area (Å²) >= 11 is 0. The summed E-state index contributed by atoms with van der Waals surface area (Å²) in [6, 6.07) is 7.65. The second-order valence-corrected chi connectivity index (χ2v) is 5.18. The highest BCUT2D eigenvalue weighted by atomic mass is 16.5. The summed E-state index contributed by atoms with van der Waals surface area (Å²) in [5.74, 6) is 0.699. The molecule has 1 aliphatic heterocycles. The third-order valence-electron chi connectivity index (χ3n) is 3.71. The molecule has 0 atom stereocenters. The molecule has 1 aliphatic rings. The van der Waals surface area contributed by atoms with Crippen molar-refractivity contribution in [3.05, 3.63) is 29.8 Å². The number of nitrogens with one attached hydrogen (secondary N) is 1. The zero-order chi connectivity index (χ0) is 15.1. The van der Waals surface area contributed by atoms with E-state index in [1.165, 1.54) is 0 Å². The van der Waals surface area contributed by atoms with Crippen LogP contribution >= 0.6 is 0 Å². The van der Waals surface area contributed by atoms with Gasteiger partial charge in [0.2, 0.25) is 11.8 Å². The third-order valence-corrected chi connectivity index (χ3v) is 3.71. The Kier molecular flexibility index (Phi) is 5.60. The molecule has 1 N–H and O–H groups in total. The molecule has 5 nitrogen and oxygen atoms in total. The summed E-state index contributed by atoms with van der Waals surface area (Å²) in [4.78, 5) is 25.4. The first kappa shape index (κ1) is 15.4. The van der Waals surface area contributed by atoms with Crippen LogP contribution in [0.15, 0.2) is 24.3 Å². The molecule has 1 saturated heterocycles. The molecule has 1 heterocycles. The molecule has 21 heavy (non-hydrogen) atoms. The second-order valence-electron chi connectivity index (χ2n) is 5.18. The van der Waals surface area contributed by atoms with E-state index < -0.39 is 0 Å². The van der Waals surface area contributed by atoms with Gasteiger partial charge in [-0.05, 0) is 30.9 Å². The Bertz CT molecular complexity index is 496. The Hall–Kier alpha value is -2.04. The van der Waals surface area contributed by atoms with Crippen LogP contribution in [0.1, 0.15) is 24.8 Å². The van der Waals surface area contributed by atoms with E-state index in [1.54, 1.807) is 12.0 Å². The van der Waals surface area contributed by atoms with Crippen LogP contribution in [0.25, 0.3) is 0 Å². The van der Waals surface area contributed by atoms with E-state index in [9.17, 15) is 9.59 Å². The molecule has 1 fully saturated rings. The van der Waals surface area contributed by atoms with Gasteiger partial charge in [-0.25, -0.2) is 0 Å². The van der Waals surface area contributed by atoms with Gasteiger partial charge < -0.3 is 15.0 Å². The SMILES string of the molecule is COc1ccccc1CCC(=O)NCC(=O)N1CCCC1. The predicted molar refractivity (Wildman–Crippen MR) is 80.1 cm³/mol. The maximum atomic E-state index is 11.8. The van der Waals surface area contributed by atoms with Crippen molar-refractivity contribution < 1.29 is 14.3 Å². The molecule has 1 aromatic carbocycles. The molecule has 0 spiro atoms.